The Hall–Kier alpha value is -1.74. The fraction of sp³-hybridized carbons (Fsp3) is 0.333. The summed E-state index contributed by atoms with van der Waals surface area (Å²) in [5.74, 6) is 1.33. The highest BCUT2D eigenvalue weighted by atomic mass is 16.5. The van der Waals surface area contributed by atoms with Gasteiger partial charge in [0.15, 0.2) is 0 Å². The monoisotopic (exact) mass is 244 g/mol. The number of H-pyrrole nitrogens is 1. The van der Waals surface area contributed by atoms with Gasteiger partial charge in [0.2, 0.25) is 0 Å². The first-order chi connectivity index (χ1) is 8.83. The van der Waals surface area contributed by atoms with E-state index < -0.39 is 0 Å². The molecule has 1 unspecified atom stereocenters. The molecule has 1 heterocycles. The Morgan fingerprint density at radius 2 is 2.22 bits per heavy atom. The van der Waals surface area contributed by atoms with E-state index in [0.717, 1.165) is 18.6 Å². The number of aryl methyl sites for hydroxylation is 1. The molecule has 2 rings (SSSR count). The van der Waals surface area contributed by atoms with Crippen LogP contribution in [0.3, 0.4) is 0 Å². The number of ether oxygens (including phenoxy) is 1. The summed E-state index contributed by atoms with van der Waals surface area (Å²) >= 11 is 0. The van der Waals surface area contributed by atoms with Crippen molar-refractivity contribution < 1.29 is 4.74 Å². The summed E-state index contributed by atoms with van der Waals surface area (Å²) in [6.45, 7) is 0.682. The number of nitrogens with two attached hydrogens (primary N) is 1. The third-order valence-corrected chi connectivity index (χ3v) is 3.29. The van der Waals surface area contributed by atoms with Gasteiger partial charge < -0.3 is 15.5 Å². The third kappa shape index (κ3) is 3.14. The molecule has 1 aromatic heterocycles. The van der Waals surface area contributed by atoms with Gasteiger partial charge in [-0.2, -0.15) is 0 Å². The predicted molar refractivity (Wildman–Crippen MR) is 73.9 cm³/mol. The van der Waals surface area contributed by atoms with Crippen LogP contribution in [-0.4, -0.2) is 18.6 Å². The second-order valence-corrected chi connectivity index (χ2v) is 4.47. The molecule has 96 valence electrons. The van der Waals surface area contributed by atoms with Crippen LogP contribution in [0.5, 0.6) is 5.75 Å². The van der Waals surface area contributed by atoms with E-state index >= 15 is 0 Å². The van der Waals surface area contributed by atoms with E-state index in [9.17, 15) is 0 Å². The highest BCUT2D eigenvalue weighted by Gasteiger charge is 2.10. The molecule has 0 radical (unpaired) electrons. The minimum atomic E-state index is 0.419. The molecular formula is C15H20N2O. The van der Waals surface area contributed by atoms with E-state index in [2.05, 4.69) is 23.2 Å². The number of nitrogens with one attached hydrogen (secondary N) is 1. The number of hydrogen-bond acceptors (Lipinski definition) is 2. The van der Waals surface area contributed by atoms with Crippen molar-refractivity contribution in [2.75, 3.05) is 13.7 Å². The summed E-state index contributed by atoms with van der Waals surface area (Å²) in [5, 5.41) is 0. The highest BCUT2D eigenvalue weighted by molar-refractivity contribution is 5.28. The predicted octanol–water partition coefficient (Wildman–Crippen LogP) is 2.70. The Labute approximate surface area is 108 Å². The van der Waals surface area contributed by atoms with Crippen LogP contribution in [0.2, 0.25) is 0 Å². The van der Waals surface area contributed by atoms with Gasteiger partial charge >= 0.3 is 0 Å². The van der Waals surface area contributed by atoms with Crippen LogP contribution in [0, 0.1) is 0 Å². The van der Waals surface area contributed by atoms with Crippen molar-refractivity contribution in [2.45, 2.75) is 18.8 Å². The van der Waals surface area contributed by atoms with Crippen LogP contribution in [0.4, 0.5) is 0 Å². The Balaban J connectivity index is 1.97. The molecule has 0 aliphatic carbocycles. The van der Waals surface area contributed by atoms with Crippen LogP contribution in [0.25, 0.3) is 0 Å². The molecule has 0 saturated carbocycles. The molecule has 0 bridgehead atoms. The summed E-state index contributed by atoms with van der Waals surface area (Å²) in [7, 11) is 1.70. The van der Waals surface area contributed by atoms with E-state index in [0.29, 0.717) is 12.5 Å². The van der Waals surface area contributed by atoms with Crippen LogP contribution in [0.15, 0.2) is 42.7 Å². The minimum absolute atomic E-state index is 0.419. The number of hydrogen-bond donors (Lipinski definition) is 2. The van der Waals surface area contributed by atoms with Crippen molar-refractivity contribution in [2.24, 2.45) is 5.73 Å². The second kappa shape index (κ2) is 6.26. The maximum absolute atomic E-state index is 5.85. The van der Waals surface area contributed by atoms with Gasteiger partial charge in [0.05, 0.1) is 7.11 Å². The number of aromatic amines is 1. The molecular weight excluding hydrogens is 224 g/mol. The van der Waals surface area contributed by atoms with E-state index in [-0.39, 0.29) is 0 Å². The zero-order chi connectivity index (χ0) is 12.8. The minimum Gasteiger partial charge on any atom is -0.497 e. The smallest absolute Gasteiger partial charge is 0.119 e. The quantitative estimate of drug-likeness (QED) is 0.821. The van der Waals surface area contributed by atoms with Crippen molar-refractivity contribution in [1.82, 2.24) is 4.98 Å². The fourth-order valence-electron chi connectivity index (χ4n) is 2.18. The van der Waals surface area contributed by atoms with Crippen LogP contribution in [0.1, 0.15) is 23.5 Å². The van der Waals surface area contributed by atoms with Gasteiger partial charge in [-0.1, -0.05) is 12.1 Å². The van der Waals surface area contributed by atoms with Gasteiger partial charge in [-0.05, 0) is 54.6 Å². The first-order valence-electron chi connectivity index (χ1n) is 6.29. The average Bonchev–Trinajstić information content (AvgIpc) is 2.94. The number of benzene rings is 1. The molecule has 0 aliphatic heterocycles. The third-order valence-electron chi connectivity index (χ3n) is 3.29. The fourth-order valence-corrected chi connectivity index (χ4v) is 2.18. The molecule has 18 heavy (non-hydrogen) atoms. The van der Waals surface area contributed by atoms with Crippen LogP contribution >= 0.6 is 0 Å². The van der Waals surface area contributed by atoms with Gasteiger partial charge in [-0.25, -0.2) is 0 Å². The molecule has 0 saturated heterocycles. The van der Waals surface area contributed by atoms with Gasteiger partial charge in [0.1, 0.15) is 5.75 Å². The van der Waals surface area contributed by atoms with Crippen molar-refractivity contribution >= 4 is 0 Å². The average molecular weight is 244 g/mol. The van der Waals surface area contributed by atoms with Crippen molar-refractivity contribution in [3.8, 4) is 5.75 Å². The zero-order valence-corrected chi connectivity index (χ0v) is 10.7. The Morgan fingerprint density at radius 1 is 1.33 bits per heavy atom. The molecule has 3 heteroatoms. The normalized spacial score (nSPS) is 12.3. The van der Waals surface area contributed by atoms with E-state index in [1.165, 1.54) is 11.1 Å². The Bertz CT molecular complexity index is 465. The molecule has 0 aliphatic rings. The topological polar surface area (TPSA) is 51.0 Å². The standard InChI is InChI=1S/C15H20N2O/c1-18-15-4-2-3-12(9-15)5-6-13(10-16)14-7-8-17-11-14/h2-4,7-9,11,13,17H,5-6,10,16H2,1H3. The van der Waals surface area contributed by atoms with Crippen molar-refractivity contribution in [1.29, 1.82) is 0 Å². The zero-order valence-electron chi connectivity index (χ0n) is 10.7. The molecule has 1 aromatic carbocycles. The lowest BCUT2D eigenvalue weighted by molar-refractivity contribution is 0.414. The Kier molecular flexibility index (Phi) is 4.42. The summed E-state index contributed by atoms with van der Waals surface area (Å²) in [6, 6.07) is 10.3. The van der Waals surface area contributed by atoms with Crippen LogP contribution in [-0.2, 0) is 6.42 Å². The Morgan fingerprint density at radius 3 is 2.89 bits per heavy atom. The lowest BCUT2D eigenvalue weighted by Crippen LogP contribution is -2.12. The number of aromatic nitrogens is 1. The van der Waals surface area contributed by atoms with Crippen molar-refractivity contribution in [3.63, 3.8) is 0 Å². The lowest BCUT2D eigenvalue weighted by Gasteiger charge is -2.13. The first kappa shape index (κ1) is 12.7. The largest absolute Gasteiger partial charge is 0.497 e. The van der Waals surface area contributed by atoms with Gasteiger partial charge in [-0.3, -0.25) is 0 Å². The summed E-state index contributed by atoms with van der Waals surface area (Å²) in [5.41, 5.74) is 8.43. The first-order valence-corrected chi connectivity index (χ1v) is 6.29. The molecule has 0 fully saturated rings. The summed E-state index contributed by atoms with van der Waals surface area (Å²) in [4.78, 5) is 3.09. The highest BCUT2D eigenvalue weighted by Crippen LogP contribution is 2.21. The van der Waals surface area contributed by atoms with Gasteiger partial charge in [0, 0.05) is 12.4 Å². The van der Waals surface area contributed by atoms with Gasteiger partial charge in [-0.15, -0.1) is 0 Å². The number of rotatable bonds is 6. The van der Waals surface area contributed by atoms with Gasteiger partial charge in [0.25, 0.3) is 0 Å². The molecule has 0 amide bonds. The van der Waals surface area contributed by atoms with E-state index in [1.54, 1.807) is 7.11 Å². The molecule has 1 atom stereocenters. The lowest BCUT2D eigenvalue weighted by atomic mass is 9.94. The summed E-state index contributed by atoms with van der Waals surface area (Å²) < 4.78 is 5.23. The molecule has 3 N–H and O–H groups in total. The maximum Gasteiger partial charge on any atom is 0.119 e. The molecule has 3 nitrogen and oxygen atoms in total. The van der Waals surface area contributed by atoms with Crippen molar-refractivity contribution in [3.05, 3.63) is 53.9 Å². The number of methoxy groups -OCH3 is 1. The van der Waals surface area contributed by atoms with Crippen LogP contribution < -0.4 is 10.5 Å². The van der Waals surface area contributed by atoms with E-state index in [1.807, 2.05) is 24.5 Å². The molecule has 2 aromatic rings. The molecule has 0 spiro atoms. The summed E-state index contributed by atoms with van der Waals surface area (Å²) in [6.07, 6.45) is 6.05. The second-order valence-electron chi connectivity index (χ2n) is 4.47. The van der Waals surface area contributed by atoms with E-state index in [4.69, 9.17) is 10.5 Å². The SMILES string of the molecule is COc1cccc(CCC(CN)c2cc[nH]c2)c1. The maximum atomic E-state index is 5.85.